The summed E-state index contributed by atoms with van der Waals surface area (Å²) in [4.78, 5) is 10.4. The van der Waals surface area contributed by atoms with Crippen LogP contribution in [0, 0.1) is 0 Å². The van der Waals surface area contributed by atoms with Crippen LogP contribution >= 0.6 is 12.4 Å². The first-order chi connectivity index (χ1) is 5.72. The molecule has 0 saturated heterocycles. The first-order valence-corrected chi connectivity index (χ1v) is 3.65. The molecule has 0 fully saturated rings. The van der Waals surface area contributed by atoms with Crippen molar-refractivity contribution in [3.05, 3.63) is 17.5 Å². The molecule has 0 aromatic carbocycles. The second-order valence-corrected chi connectivity index (χ2v) is 2.45. The molecule has 0 aliphatic rings. The highest BCUT2D eigenvalue weighted by Crippen LogP contribution is 2.04. The summed E-state index contributed by atoms with van der Waals surface area (Å²) >= 11 is 0. The standard InChI is InChI=1S/C7H11N3O2.ClH/c8-4-6-3-5(10-12-6)1-2-7(9)11;/h3H,1-2,4,8H2,(H2,9,11);1H. The number of amides is 1. The summed E-state index contributed by atoms with van der Waals surface area (Å²) in [6, 6.07) is 1.73. The molecule has 1 aromatic rings. The number of nitrogens with two attached hydrogens (primary N) is 2. The van der Waals surface area contributed by atoms with Gasteiger partial charge < -0.3 is 16.0 Å². The predicted molar refractivity (Wildman–Crippen MR) is 49.2 cm³/mol. The lowest BCUT2D eigenvalue weighted by Crippen LogP contribution is -2.11. The van der Waals surface area contributed by atoms with Crippen LogP contribution in [0.25, 0.3) is 0 Å². The monoisotopic (exact) mass is 205 g/mol. The third-order valence-electron chi connectivity index (χ3n) is 1.44. The van der Waals surface area contributed by atoms with Gasteiger partial charge in [-0.05, 0) is 0 Å². The highest BCUT2D eigenvalue weighted by molar-refractivity contribution is 5.85. The summed E-state index contributed by atoms with van der Waals surface area (Å²) in [7, 11) is 0. The average Bonchev–Trinajstić information content (AvgIpc) is 2.48. The molecule has 0 aliphatic carbocycles. The van der Waals surface area contributed by atoms with E-state index in [9.17, 15) is 4.79 Å². The number of carbonyl (C=O) groups is 1. The van der Waals surface area contributed by atoms with Gasteiger partial charge in [0.05, 0.1) is 12.2 Å². The third-order valence-corrected chi connectivity index (χ3v) is 1.44. The molecule has 0 bridgehead atoms. The summed E-state index contributed by atoms with van der Waals surface area (Å²) in [6.45, 7) is 0.323. The van der Waals surface area contributed by atoms with E-state index < -0.39 is 0 Å². The van der Waals surface area contributed by atoms with E-state index in [2.05, 4.69) is 5.16 Å². The van der Waals surface area contributed by atoms with Gasteiger partial charge in [0.25, 0.3) is 0 Å². The van der Waals surface area contributed by atoms with E-state index in [1.165, 1.54) is 0 Å². The first-order valence-electron chi connectivity index (χ1n) is 3.65. The summed E-state index contributed by atoms with van der Waals surface area (Å²) < 4.78 is 4.82. The van der Waals surface area contributed by atoms with Gasteiger partial charge in [0.2, 0.25) is 5.91 Å². The van der Waals surface area contributed by atoms with E-state index in [0.29, 0.717) is 24.4 Å². The smallest absolute Gasteiger partial charge is 0.217 e. The maximum absolute atomic E-state index is 10.4. The third kappa shape index (κ3) is 3.91. The second-order valence-electron chi connectivity index (χ2n) is 2.45. The Labute approximate surface area is 81.9 Å². The summed E-state index contributed by atoms with van der Waals surface area (Å²) in [6.07, 6.45) is 0.801. The molecule has 0 saturated carbocycles. The van der Waals surface area contributed by atoms with Crippen molar-refractivity contribution in [1.82, 2.24) is 5.16 Å². The van der Waals surface area contributed by atoms with Gasteiger partial charge in [-0.25, -0.2) is 0 Å². The molecule has 4 N–H and O–H groups in total. The van der Waals surface area contributed by atoms with Crippen LogP contribution in [0.1, 0.15) is 17.9 Å². The van der Waals surface area contributed by atoms with Crippen molar-refractivity contribution in [2.75, 3.05) is 0 Å². The Balaban J connectivity index is 0.00000144. The van der Waals surface area contributed by atoms with Crippen LogP contribution in [-0.2, 0) is 17.8 Å². The SMILES string of the molecule is Cl.NCc1cc(CCC(N)=O)no1. The first kappa shape index (κ1) is 11.9. The molecule has 1 heterocycles. The Morgan fingerprint density at radius 1 is 1.62 bits per heavy atom. The van der Waals surface area contributed by atoms with Crippen LogP contribution in [0.2, 0.25) is 0 Å². The zero-order valence-corrected chi connectivity index (χ0v) is 7.84. The summed E-state index contributed by atoms with van der Waals surface area (Å²) in [5.74, 6) is 0.279. The number of carbonyl (C=O) groups excluding carboxylic acids is 1. The minimum atomic E-state index is -0.340. The van der Waals surface area contributed by atoms with Crippen molar-refractivity contribution in [2.24, 2.45) is 11.5 Å². The molecular weight excluding hydrogens is 194 g/mol. The lowest BCUT2D eigenvalue weighted by molar-refractivity contribution is -0.118. The fraction of sp³-hybridized carbons (Fsp3) is 0.429. The fourth-order valence-electron chi connectivity index (χ4n) is 0.821. The van der Waals surface area contributed by atoms with Gasteiger partial charge in [-0.3, -0.25) is 4.79 Å². The number of aryl methyl sites for hydroxylation is 1. The summed E-state index contributed by atoms with van der Waals surface area (Å²) in [5, 5.41) is 3.70. The Hall–Kier alpha value is -1.07. The predicted octanol–water partition coefficient (Wildman–Crippen LogP) is -0.0270. The van der Waals surface area contributed by atoms with Gasteiger partial charge in [-0.2, -0.15) is 0 Å². The largest absolute Gasteiger partial charge is 0.370 e. The highest BCUT2D eigenvalue weighted by atomic mass is 35.5. The fourth-order valence-corrected chi connectivity index (χ4v) is 0.821. The van der Waals surface area contributed by atoms with Gasteiger partial charge in [0.1, 0.15) is 0 Å². The maximum atomic E-state index is 10.4. The lowest BCUT2D eigenvalue weighted by Gasteiger charge is -1.88. The minimum absolute atomic E-state index is 0. The van der Waals surface area contributed by atoms with Crippen LogP contribution in [-0.4, -0.2) is 11.1 Å². The highest BCUT2D eigenvalue weighted by Gasteiger charge is 2.03. The van der Waals surface area contributed by atoms with Crippen molar-refractivity contribution in [2.45, 2.75) is 19.4 Å². The molecule has 1 amide bonds. The number of nitrogens with zero attached hydrogens (tertiary/aromatic N) is 1. The van der Waals surface area contributed by atoms with Crippen LogP contribution < -0.4 is 11.5 Å². The number of rotatable bonds is 4. The van der Waals surface area contributed by atoms with Crippen LogP contribution in [0.4, 0.5) is 0 Å². The topological polar surface area (TPSA) is 95.1 Å². The minimum Gasteiger partial charge on any atom is -0.370 e. The van der Waals surface area contributed by atoms with Crippen molar-refractivity contribution >= 4 is 18.3 Å². The molecule has 13 heavy (non-hydrogen) atoms. The van der Waals surface area contributed by atoms with Gasteiger partial charge in [-0.1, -0.05) is 5.16 Å². The van der Waals surface area contributed by atoms with E-state index >= 15 is 0 Å². The molecule has 74 valence electrons. The molecule has 6 heteroatoms. The molecule has 5 nitrogen and oxygen atoms in total. The van der Waals surface area contributed by atoms with E-state index in [4.69, 9.17) is 16.0 Å². The normalized spacial score (nSPS) is 9.31. The van der Waals surface area contributed by atoms with E-state index in [1.54, 1.807) is 6.07 Å². The number of halogens is 1. The number of hydrogen-bond donors (Lipinski definition) is 2. The molecule has 0 spiro atoms. The number of hydrogen-bond acceptors (Lipinski definition) is 4. The number of primary amides is 1. The second kappa shape index (κ2) is 5.55. The van der Waals surface area contributed by atoms with E-state index in [1.807, 2.05) is 0 Å². The van der Waals surface area contributed by atoms with Crippen molar-refractivity contribution in [3.63, 3.8) is 0 Å². The zero-order chi connectivity index (χ0) is 8.97. The van der Waals surface area contributed by atoms with Crippen molar-refractivity contribution < 1.29 is 9.32 Å². The Bertz CT molecular complexity index is 274. The van der Waals surface area contributed by atoms with Gasteiger partial charge in [0, 0.05) is 18.9 Å². The van der Waals surface area contributed by atoms with Gasteiger partial charge >= 0.3 is 0 Å². The molecule has 0 atom stereocenters. The molecule has 0 aliphatic heterocycles. The van der Waals surface area contributed by atoms with Crippen LogP contribution in [0.15, 0.2) is 10.6 Å². The zero-order valence-electron chi connectivity index (χ0n) is 7.03. The number of aromatic nitrogens is 1. The molecule has 1 rings (SSSR count). The molecular formula is C7H12ClN3O2. The Morgan fingerprint density at radius 2 is 2.31 bits per heavy atom. The summed E-state index contributed by atoms with van der Waals surface area (Å²) in [5.41, 5.74) is 11.0. The van der Waals surface area contributed by atoms with Crippen molar-refractivity contribution in [1.29, 1.82) is 0 Å². The Kier molecular flexibility index (Phi) is 5.10. The van der Waals surface area contributed by atoms with E-state index in [0.717, 1.165) is 0 Å². The quantitative estimate of drug-likeness (QED) is 0.722. The average molecular weight is 206 g/mol. The maximum Gasteiger partial charge on any atom is 0.217 e. The van der Waals surface area contributed by atoms with Gasteiger partial charge in [-0.15, -0.1) is 12.4 Å². The molecule has 1 aromatic heterocycles. The van der Waals surface area contributed by atoms with Crippen molar-refractivity contribution in [3.8, 4) is 0 Å². The molecule has 0 radical (unpaired) electrons. The van der Waals surface area contributed by atoms with Crippen LogP contribution in [0.5, 0.6) is 0 Å². The lowest BCUT2D eigenvalue weighted by atomic mass is 10.2. The Morgan fingerprint density at radius 3 is 2.77 bits per heavy atom. The van der Waals surface area contributed by atoms with Gasteiger partial charge in [0.15, 0.2) is 5.76 Å². The van der Waals surface area contributed by atoms with Crippen LogP contribution in [0.3, 0.4) is 0 Å². The van der Waals surface area contributed by atoms with E-state index in [-0.39, 0.29) is 24.7 Å². The molecule has 0 unspecified atom stereocenters.